The van der Waals surface area contributed by atoms with E-state index in [1.54, 1.807) is 12.4 Å². The van der Waals surface area contributed by atoms with Gasteiger partial charge in [0, 0.05) is 6.54 Å². The van der Waals surface area contributed by atoms with E-state index in [1.165, 1.54) is 0 Å². The summed E-state index contributed by atoms with van der Waals surface area (Å²) in [6.07, 6.45) is 3.29. The van der Waals surface area contributed by atoms with Crippen LogP contribution in [0.1, 0.15) is 0 Å². The number of nitrogen functional groups attached to an aromatic ring is 1. The summed E-state index contributed by atoms with van der Waals surface area (Å²) in [7, 11) is 0. The lowest BCUT2D eigenvalue weighted by Gasteiger charge is -2.02. The van der Waals surface area contributed by atoms with Crippen LogP contribution in [0.3, 0.4) is 0 Å². The Labute approximate surface area is 80.3 Å². The molecule has 4 N–H and O–H groups in total. The lowest BCUT2D eigenvalue weighted by Crippen LogP contribution is -2.04. The largest absolute Gasteiger partial charge is 0.368 e. The Morgan fingerprint density at radius 3 is 3.21 bits per heavy atom. The van der Waals surface area contributed by atoms with Crippen molar-refractivity contribution in [3.05, 3.63) is 19.0 Å². The van der Waals surface area contributed by atoms with E-state index in [0.717, 1.165) is 0 Å². The summed E-state index contributed by atoms with van der Waals surface area (Å²) in [5, 5.41) is 3.03. The van der Waals surface area contributed by atoms with Crippen LogP contribution in [-0.4, -0.2) is 26.5 Å². The molecule has 0 unspecified atom stereocenters. The number of imidazole rings is 1. The predicted octanol–water partition coefficient (Wildman–Crippen LogP) is 0.533. The number of hydrogen-bond acceptors (Lipinski definition) is 5. The van der Waals surface area contributed by atoms with Crippen molar-refractivity contribution in [1.82, 2.24) is 19.9 Å². The van der Waals surface area contributed by atoms with Gasteiger partial charge in [-0.1, -0.05) is 6.08 Å². The van der Waals surface area contributed by atoms with Crippen LogP contribution in [-0.2, 0) is 0 Å². The van der Waals surface area contributed by atoms with Gasteiger partial charge in [0.05, 0.1) is 6.33 Å². The summed E-state index contributed by atoms with van der Waals surface area (Å²) in [4.78, 5) is 15.0. The molecule has 0 aromatic carbocycles. The van der Waals surface area contributed by atoms with E-state index in [4.69, 9.17) is 5.73 Å². The van der Waals surface area contributed by atoms with Crippen LogP contribution in [0, 0.1) is 0 Å². The third-order valence-corrected chi connectivity index (χ3v) is 1.71. The third-order valence-electron chi connectivity index (χ3n) is 1.71. The van der Waals surface area contributed by atoms with Gasteiger partial charge in [0.15, 0.2) is 11.5 Å². The first-order valence-corrected chi connectivity index (χ1v) is 4.12. The van der Waals surface area contributed by atoms with Crippen LogP contribution in [0.2, 0.25) is 0 Å². The molecule has 0 amide bonds. The molecule has 0 aliphatic carbocycles. The number of nitrogens with zero attached hydrogens (tertiary/aromatic N) is 3. The van der Waals surface area contributed by atoms with Crippen molar-refractivity contribution >= 4 is 22.9 Å². The Kier molecular flexibility index (Phi) is 2.02. The maximum Gasteiger partial charge on any atom is 0.224 e. The van der Waals surface area contributed by atoms with Crippen LogP contribution >= 0.6 is 0 Å². The van der Waals surface area contributed by atoms with Crippen molar-refractivity contribution in [3.8, 4) is 0 Å². The topological polar surface area (TPSA) is 92.5 Å². The Bertz CT molecular complexity index is 460. The van der Waals surface area contributed by atoms with Crippen LogP contribution in [0.4, 0.5) is 11.8 Å². The summed E-state index contributed by atoms with van der Waals surface area (Å²) in [5.41, 5.74) is 6.83. The van der Waals surface area contributed by atoms with Crippen molar-refractivity contribution in [2.45, 2.75) is 0 Å². The Morgan fingerprint density at radius 1 is 1.57 bits per heavy atom. The number of nitrogens with one attached hydrogen (secondary N) is 2. The molecule has 0 spiro atoms. The molecule has 2 heterocycles. The quantitative estimate of drug-likeness (QED) is 0.614. The van der Waals surface area contributed by atoms with Crippen LogP contribution in [0.15, 0.2) is 19.0 Å². The number of hydrogen-bond donors (Lipinski definition) is 3. The van der Waals surface area contributed by atoms with E-state index < -0.39 is 0 Å². The van der Waals surface area contributed by atoms with Gasteiger partial charge in [-0.15, -0.1) is 6.58 Å². The van der Waals surface area contributed by atoms with Crippen LogP contribution < -0.4 is 11.1 Å². The van der Waals surface area contributed by atoms with E-state index in [1.807, 2.05) is 0 Å². The SMILES string of the molecule is C=CCNc1nc(N)nc2[nH]cnc12. The normalized spacial score (nSPS) is 10.3. The molecule has 0 saturated heterocycles. The maximum atomic E-state index is 5.52. The van der Waals surface area contributed by atoms with Crippen molar-refractivity contribution in [1.29, 1.82) is 0 Å². The Hall–Kier alpha value is -2.11. The van der Waals surface area contributed by atoms with Gasteiger partial charge in [-0.05, 0) is 0 Å². The van der Waals surface area contributed by atoms with Gasteiger partial charge in [0.2, 0.25) is 5.95 Å². The van der Waals surface area contributed by atoms with E-state index in [9.17, 15) is 0 Å². The second-order valence-electron chi connectivity index (χ2n) is 2.70. The van der Waals surface area contributed by atoms with Gasteiger partial charge < -0.3 is 16.0 Å². The zero-order valence-electron chi connectivity index (χ0n) is 7.49. The molecule has 0 aliphatic heterocycles. The lowest BCUT2D eigenvalue weighted by molar-refractivity contribution is 1.18. The van der Waals surface area contributed by atoms with Crippen LogP contribution in [0.5, 0.6) is 0 Å². The first-order chi connectivity index (χ1) is 6.81. The molecular formula is C8H10N6. The molecule has 0 aliphatic rings. The minimum atomic E-state index is 0.216. The first-order valence-electron chi connectivity index (χ1n) is 4.12. The van der Waals surface area contributed by atoms with Gasteiger partial charge in [0.25, 0.3) is 0 Å². The molecule has 6 nitrogen and oxygen atoms in total. The van der Waals surface area contributed by atoms with Gasteiger partial charge in [-0.3, -0.25) is 0 Å². The van der Waals surface area contributed by atoms with Crippen molar-refractivity contribution in [3.63, 3.8) is 0 Å². The van der Waals surface area contributed by atoms with Gasteiger partial charge in [-0.25, -0.2) is 4.98 Å². The molecule has 2 rings (SSSR count). The second-order valence-corrected chi connectivity index (χ2v) is 2.70. The Balaban J connectivity index is 2.49. The van der Waals surface area contributed by atoms with Gasteiger partial charge >= 0.3 is 0 Å². The van der Waals surface area contributed by atoms with Crippen molar-refractivity contribution in [2.75, 3.05) is 17.6 Å². The Morgan fingerprint density at radius 2 is 2.43 bits per heavy atom. The monoisotopic (exact) mass is 190 g/mol. The van der Waals surface area contributed by atoms with Gasteiger partial charge in [0.1, 0.15) is 5.52 Å². The summed E-state index contributed by atoms with van der Waals surface area (Å²) < 4.78 is 0. The van der Waals surface area contributed by atoms with E-state index in [2.05, 4.69) is 31.8 Å². The van der Waals surface area contributed by atoms with E-state index >= 15 is 0 Å². The van der Waals surface area contributed by atoms with Crippen LogP contribution in [0.25, 0.3) is 11.2 Å². The van der Waals surface area contributed by atoms with Gasteiger partial charge in [-0.2, -0.15) is 9.97 Å². The second kappa shape index (κ2) is 3.33. The fraction of sp³-hybridized carbons (Fsp3) is 0.125. The predicted molar refractivity (Wildman–Crippen MR) is 54.8 cm³/mol. The minimum Gasteiger partial charge on any atom is -0.368 e. The molecule has 0 radical (unpaired) electrons. The number of H-pyrrole nitrogens is 1. The molecule has 2 aromatic heterocycles. The highest BCUT2D eigenvalue weighted by Crippen LogP contribution is 2.16. The standard InChI is InChI=1S/C8H10N6/c1-2-3-10-6-5-7(12-4-11-5)14-8(9)13-6/h2,4H,1,3H2,(H4,9,10,11,12,13,14). The average molecular weight is 190 g/mol. The molecular weight excluding hydrogens is 180 g/mol. The summed E-state index contributed by atoms with van der Waals surface area (Å²) in [6, 6.07) is 0. The maximum absolute atomic E-state index is 5.52. The molecule has 2 aromatic rings. The molecule has 0 saturated carbocycles. The summed E-state index contributed by atoms with van der Waals surface area (Å²) >= 11 is 0. The molecule has 6 heteroatoms. The van der Waals surface area contributed by atoms with Crippen molar-refractivity contribution in [2.24, 2.45) is 0 Å². The van der Waals surface area contributed by atoms with E-state index in [-0.39, 0.29) is 5.95 Å². The smallest absolute Gasteiger partial charge is 0.224 e. The number of anilines is 2. The highest BCUT2D eigenvalue weighted by atomic mass is 15.1. The number of rotatable bonds is 3. The number of aromatic amines is 1. The first kappa shape index (κ1) is 8.49. The highest BCUT2D eigenvalue weighted by Gasteiger charge is 2.06. The third kappa shape index (κ3) is 1.37. The zero-order valence-corrected chi connectivity index (χ0v) is 7.49. The molecule has 72 valence electrons. The fourth-order valence-electron chi connectivity index (χ4n) is 1.15. The molecule has 0 bridgehead atoms. The van der Waals surface area contributed by atoms with Crippen molar-refractivity contribution < 1.29 is 0 Å². The molecule has 0 fully saturated rings. The highest BCUT2D eigenvalue weighted by molar-refractivity contribution is 5.83. The van der Waals surface area contributed by atoms with E-state index in [0.29, 0.717) is 23.5 Å². The summed E-state index contributed by atoms with van der Waals surface area (Å²) in [6.45, 7) is 4.21. The minimum absolute atomic E-state index is 0.216. The molecule has 0 atom stereocenters. The summed E-state index contributed by atoms with van der Waals surface area (Å²) in [5.74, 6) is 0.835. The number of fused-ring (bicyclic) bond motifs is 1. The lowest BCUT2D eigenvalue weighted by atomic mass is 10.4. The zero-order chi connectivity index (χ0) is 9.97. The number of nitrogens with two attached hydrogens (primary N) is 1. The number of aromatic nitrogens is 4. The fourth-order valence-corrected chi connectivity index (χ4v) is 1.15. The average Bonchev–Trinajstić information content (AvgIpc) is 2.61. The molecule has 14 heavy (non-hydrogen) atoms.